The Labute approximate surface area is 113 Å². The van der Waals surface area contributed by atoms with Crippen molar-refractivity contribution in [2.75, 3.05) is 7.05 Å². The summed E-state index contributed by atoms with van der Waals surface area (Å²) < 4.78 is 41.3. The molecule has 0 saturated carbocycles. The number of halogens is 3. The number of hydrogen-bond acceptors (Lipinski definition) is 4. The van der Waals surface area contributed by atoms with E-state index in [2.05, 4.69) is 19.7 Å². The highest BCUT2D eigenvalue weighted by molar-refractivity contribution is 5.68. The number of benzene rings is 1. The molecule has 2 rings (SSSR count). The second kappa shape index (κ2) is 5.44. The first-order valence-electron chi connectivity index (χ1n) is 5.85. The molecule has 0 aliphatic rings. The third kappa shape index (κ3) is 3.04. The molecule has 1 heterocycles. The van der Waals surface area contributed by atoms with Gasteiger partial charge < -0.3 is 9.52 Å². The van der Waals surface area contributed by atoms with E-state index in [-0.39, 0.29) is 11.7 Å². The van der Waals surface area contributed by atoms with E-state index in [0.29, 0.717) is 5.56 Å². The quantitative estimate of drug-likeness (QED) is 0.809. The molecule has 1 atom stereocenters. The molecule has 2 aromatic rings. The van der Waals surface area contributed by atoms with Gasteiger partial charge in [-0.05, 0) is 5.56 Å². The standard InChI is InChI=1S/C13H12F3N3O/c1-8(7-17-2)9-3-5-10(6-4-9)11-18-12(20-19-11)13(14,15)16/h3-8H,1-2H3. The second-order valence-electron chi connectivity index (χ2n) is 4.24. The molecule has 20 heavy (non-hydrogen) atoms. The van der Waals surface area contributed by atoms with Gasteiger partial charge in [0.2, 0.25) is 5.82 Å². The highest BCUT2D eigenvalue weighted by atomic mass is 19.4. The SMILES string of the molecule is CN=CC(C)c1ccc(-c2noc(C(F)(F)F)n2)cc1. The number of hydrogen-bond donors (Lipinski definition) is 0. The van der Waals surface area contributed by atoms with Crippen LogP contribution in [0.25, 0.3) is 11.4 Å². The summed E-state index contributed by atoms with van der Waals surface area (Å²) in [5.41, 5.74) is 1.47. The first-order chi connectivity index (χ1) is 9.41. The maximum Gasteiger partial charge on any atom is 0.471 e. The lowest BCUT2D eigenvalue weighted by Crippen LogP contribution is -2.04. The van der Waals surface area contributed by atoms with Gasteiger partial charge in [0.15, 0.2) is 0 Å². The van der Waals surface area contributed by atoms with Gasteiger partial charge in [-0.2, -0.15) is 18.2 Å². The van der Waals surface area contributed by atoms with E-state index in [1.807, 2.05) is 6.92 Å². The Kier molecular flexibility index (Phi) is 3.87. The average molecular weight is 283 g/mol. The van der Waals surface area contributed by atoms with Crippen LogP contribution in [0.15, 0.2) is 33.8 Å². The topological polar surface area (TPSA) is 51.3 Å². The van der Waals surface area contributed by atoms with E-state index in [4.69, 9.17) is 0 Å². The van der Waals surface area contributed by atoms with E-state index in [9.17, 15) is 13.2 Å². The summed E-state index contributed by atoms with van der Waals surface area (Å²) in [6, 6.07) is 6.90. The summed E-state index contributed by atoms with van der Waals surface area (Å²) >= 11 is 0. The number of nitrogens with zero attached hydrogens (tertiary/aromatic N) is 3. The minimum absolute atomic E-state index is 0.0827. The van der Waals surface area contributed by atoms with Gasteiger partial charge in [-0.3, -0.25) is 0 Å². The van der Waals surface area contributed by atoms with Crippen LogP contribution in [0, 0.1) is 0 Å². The molecule has 0 radical (unpaired) electrons. The van der Waals surface area contributed by atoms with Gasteiger partial charge in [-0.15, -0.1) is 0 Å². The van der Waals surface area contributed by atoms with E-state index >= 15 is 0 Å². The Hall–Kier alpha value is -2.18. The number of rotatable bonds is 3. The fraction of sp³-hybridized carbons (Fsp3) is 0.308. The van der Waals surface area contributed by atoms with Crippen molar-refractivity contribution >= 4 is 6.21 Å². The fourth-order valence-corrected chi connectivity index (χ4v) is 1.70. The van der Waals surface area contributed by atoms with Crippen molar-refractivity contribution in [3.8, 4) is 11.4 Å². The van der Waals surface area contributed by atoms with Crippen molar-refractivity contribution in [3.63, 3.8) is 0 Å². The smallest absolute Gasteiger partial charge is 0.329 e. The van der Waals surface area contributed by atoms with Crippen molar-refractivity contribution in [3.05, 3.63) is 35.7 Å². The molecule has 0 N–H and O–H groups in total. The lowest BCUT2D eigenvalue weighted by atomic mass is 10.0. The zero-order valence-electron chi connectivity index (χ0n) is 10.8. The molecule has 4 nitrogen and oxygen atoms in total. The van der Waals surface area contributed by atoms with Crippen molar-refractivity contribution < 1.29 is 17.7 Å². The molecule has 0 aliphatic heterocycles. The van der Waals surface area contributed by atoms with Crippen LogP contribution in [0.4, 0.5) is 13.2 Å². The van der Waals surface area contributed by atoms with Crippen LogP contribution in [0.3, 0.4) is 0 Å². The van der Waals surface area contributed by atoms with Gasteiger partial charge in [0.1, 0.15) is 0 Å². The monoisotopic (exact) mass is 283 g/mol. The van der Waals surface area contributed by atoms with Crippen LogP contribution < -0.4 is 0 Å². The Morgan fingerprint density at radius 2 is 1.90 bits per heavy atom. The summed E-state index contributed by atoms with van der Waals surface area (Å²) in [5, 5.41) is 3.33. The molecule has 0 bridgehead atoms. The van der Waals surface area contributed by atoms with Gasteiger partial charge in [-0.1, -0.05) is 36.3 Å². The Morgan fingerprint density at radius 1 is 1.25 bits per heavy atom. The molecule has 0 aliphatic carbocycles. The molecule has 1 aromatic carbocycles. The summed E-state index contributed by atoms with van der Waals surface area (Å²) in [5.74, 6) is -1.30. The Balaban J connectivity index is 2.24. The van der Waals surface area contributed by atoms with E-state index in [1.54, 1.807) is 37.5 Å². The van der Waals surface area contributed by atoms with Crippen LogP contribution in [0.2, 0.25) is 0 Å². The first-order valence-corrected chi connectivity index (χ1v) is 5.85. The first kappa shape index (κ1) is 14.2. The average Bonchev–Trinajstić information content (AvgIpc) is 2.89. The van der Waals surface area contributed by atoms with Gasteiger partial charge in [0.25, 0.3) is 0 Å². The normalized spacial score (nSPS) is 13.8. The second-order valence-corrected chi connectivity index (χ2v) is 4.24. The molecular formula is C13H12F3N3O. The summed E-state index contributed by atoms with van der Waals surface area (Å²) in [6.07, 6.45) is -2.84. The minimum atomic E-state index is -4.63. The summed E-state index contributed by atoms with van der Waals surface area (Å²) in [7, 11) is 1.68. The van der Waals surface area contributed by atoms with E-state index in [1.165, 1.54) is 0 Å². The van der Waals surface area contributed by atoms with Gasteiger partial charge in [0, 0.05) is 24.7 Å². The summed E-state index contributed by atoms with van der Waals surface area (Å²) in [4.78, 5) is 7.27. The van der Waals surface area contributed by atoms with Crippen molar-refractivity contribution in [1.29, 1.82) is 0 Å². The zero-order valence-corrected chi connectivity index (χ0v) is 10.8. The lowest BCUT2D eigenvalue weighted by Gasteiger charge is -2.05. The molecule has 7 heteroatoms. The molecule has 0 amide bonds. The number of aromatic nitrogens is 2. The predicted octanol–water partition coefficient (Wildman–Crippen LogP) is 3.56. The lowest BCUT2D eigenvalue weighted by molar-refractivity contribution is -0.159. The Bertz CT molecular complexity index is 602. The number of aliphatic imine (C=N–C) groups is 1. The minimum Gasteiger partial charge on any atom is -0.329 e. The van der Waals surface area contributed by atoms with Crippen LogP contribution in [0.5, 0.6) is 0 Å². The summed E-state index contributed by atoms with van der Waals surface area (Å²) in [6.45, 7) is 1.97. The van der Waals surface area contributed by atoms with Gasteiger partial charge in [0.05, 0.1) is 0 Å². The predicted molar refractivity (Wildman–Crippen MR) is 67.6 cm³/mol. The zero-order chi connectivity index (χ0) is 14.8. The van der Waals surface area contributed by atoms with E-state index < -0.39 is 12.1 Å². The van der Waals surface area contributed by atoms with Gasteiger partial charge in [-0.25, -0.2) is 0 Å². The molecule has 106 valence electrons. The highest BCUT2D eigenvalue weighted by Crippen LogP contribution is 2.29. The molecular weight excluding hydrogens is 271 g/mol. The molecule has 1 unspecified atom stereocenters. The maximum atomic E-state index is 12.4. The number of alkyl halides is 3. The molecule has 0 saturated heterocycles. The van der Waals surface area contributed by atoms with Crippen molar-refractivity contribution in [2.24, 2.45) is 4.99 Å². The fourth-order valence-electron chi connectivity index (χ4n) is 1.70. The molecule has 0 fully saturated rings. The van der Waals surface area contributed by atoms with Crippen LogP contribution >= 0.6 is 0 Å². The maximum absolute atomic E-state index is 12.4. The highest BCUT2D eigenvalue weighted by Gasteiger charge is 2.38. The molecule has 1 aromatic heterocycles. The third-order valence-electron chi connectivity index (χ3n) is 2.74. The largest absolute Gasteiger partial charge is 0.471 e. The molecule has 0 spiro atoms. The van der Waals surface area contributed by atoms with Gasteiger partial charge >= 0.3 is 12.1 Å². The van der Waals surface area contributed by atoms with Crippen molar-refractivity contribution in [2.45, 2.75) is 19.0 Å². The Morgan fingerprint density at radius 3 is 2.40 bits per heavy atom. The van der Waals surface area contributed by atoms with Crippen LogP contribution in [-0.4, -0.2) is 23.4 Å². The van der Waals surface area contributed by atoms with Crippen molar-refractivity contribution in [1.82, 2.24) is 10.1 Å². The third-order valence-corrected chi connectivity index (χ3v) is 2.74. The van der Waals surface area contributed by atoms with Crippen LogP contribution in [0.1, 0.15) is 24.3 Å². The van der Waals surface area contributed by atoms with E-state index in [0.717, 1.165) is 5.56 Å². The van der Waals surface area contributed by atoms with Crippen LogP contribution in [-0.2, 0) is 6.18 Å².